The first-order valence-electron chi connectivity index (χ1n) is 7.27. The van der Waals surface area contributed by atoms with Gasteiger partial charge < -0.3 is 10.6 Å². The van der Waals surface area contributed by atoms with Crippen LogP contribution in [0.15, 0.2) is 30.3 Å². The minimum Gasteiger partial charge on any atom is -0.352 e. The lowest BCUT2D eigenvalue weighted by molar-refractivity contribution is -0.122. The van der Waals surface area contributed by atoms with E-state index in [1.165, 1.54) is 12.8 Å². The summed E-state index contributed by atoms with van der Waals surface area (Å²) >= 11 is 0. The van der Waals surface area contributed by atoms with E-state index in [9.17, 15) is 4.79 Å². The van der Waals surface area contributed by atoms with Crippen LogP contribution < -0.4 is 10.6 Å². The van der Waals surface area contributed by atoms with E-state index in [1.54, 1.807) is 0 Å². The minimum absolute atomic E-state index is 0.176. The van der Waals surface area contributed by atoms with Crippen LogP contribution in [0.4, 0.5) is 0 Å². The van der Waals surface area contributed by atoms with Crippen LogP contribution in [0, 0.1) is 11.8 Å². The largest absolute Gasteiger partial charge is 0.352 e. The zero-order chi connectivity index (χ0) is 13.5. The fraction of sp³-hybridized carbons (Fsp3) is 0.562. The van der Waals surface area contributed by atoms with Gasteiger partial charge in [0.2, 0.25) is 5.91 Å². The van der Waals surface area contributed by atoms with E-state index in [1.807, 2.05) is 30.3 Å². The molecule has 1 heterocycles. The maximum absolute atomic E-state index is 11.9. The van der Waals surface area contributed by atoms with Gasteiger partial charge in [0.05, 0.1) is 0 Å². The van der Waals surface area contributed by atoms with Crippen LogP contribution in [0.5, 0.6) is 0 Å². The van der Waals surface area contributed by atoms with Crippen LogP contribution in [0.3, 0.4) is 0 Å². The van der Waals surface area contributed by atoms with Crippen molar-refractivity contribution in [2.24, 2.45) is 11.8 Å². The molecule has 2 rings (SSSR count). The second kappa shape index (κ2) is 7.29. The summed E-state index contributed by atoms with van der Waals surface area (Å²) in [6.45, 7) is 5.04. The van der Waals surface area contributed by atoms with Gasteiger partial charge in [-0.25, -0.2) is 0 Å². The van der Waals surface area contributed by atoms with Crippen LogP contribution in [-0.2, 0) is 11.3 Å². The third-order valence-corrected chi connectivity index (χ3v) is 4.03. The molecule has 0 spiro atoms. The van der Waals surface area contributed by atoms with Crippen LogP contribution >= 0.6 is 0 Å². The predicted octanol–water partition coefficient (Wildman–Crippen LogP) is 2.33. The summed E-state index contributed by atoms with van der Waals surface area (Å²) < 4.78 is 0. The van der Waals surface area contributed by atoms with Crippen molar-refractivity contribution in [3.63, 3.8) is 0 Å². The summed E-state index contributed by atoms with van der Waals surface area (Å²) in [5, 5.41) is 6.38. The Morgan fingerprint density at radius 2 is 2.00 bits per heavy atom. The van der Waals surface area contributed by atoms with E-state index in [4.69, 9.17) is 0 Å². The number of carbonyl (C=O) groups excluding carboxylic acids is 1. The maximum atomic E-state index is 11.9. The second-order valence-corrected chi connectivity index (χ2v) is 5.53. The van der Waals surface area contributed by atoms with Crippen molar-refractivity contribution in [2.45, 2.75) is 32.7 Å². The maximum Gasteiger partial charge on any atom is 0.220 e. The standard InChI is InChI=1S/C16H24N2O/c1-13(15-7-9-17-10-8-15)11-16(19)18-12-14-5-3-2-4-6-14/h2-6,13,15,17H,7-12H2,1H3,(H,18,19). The molecule has 3 heteroatoms. The number of piperidine rings is 1. The SMILES string of the molecule is CC(CC(=O)NCc1ccccc1)C1CCNCC1. The predicted molar refractivity (Wildman–Crippen MR) is 77.7 cm³/mol. The van der Waals surface area contributed by atoms with Crippen molar-refractivity contribution in [1.82, 2.24) is 10.6 Å². The van der Waals surface area contributed by atoms with Crippen molar-refractivity contribution in [2.75, 3.05) is 13.1 Å². The Morgan fingerprint density at radius 1 is 1.32 bits per heavy atom. The zero-order valence-corrected chi connectivity index (χ0v) is 11.7. The van der Waals surface area contributed by atoms with Gasteiger partial charge in [-0.1, -0.05) is 37.3 Å². The van der Waals surface area contributed by atoms with Crippen molar-refractivity contribution >= 4 is 5.91 Å². The molecular formula is C16H24N2O. The second-order valence-electron chi connectivity index (χ2n) is 5.53. The van der Waals surface area contributed by atoms with Crippen molar-refractivity contribution < 1.29 is 4.79 Å². The monoisotopic (exact) mass is 260 g/mol. The Kier molecular flexibility index (Phi) is 5.40. The fourth-order valence-electron chi connectivity index (χ4n) is 2.74. The van der Waals surface area contributed by atoms with Gasteiger partial charge in [0.25, 0.3) is 0 Å². The Hall–Kier alpha value is -1.35. The molecule has 1 aliphatic rings. The van der Waals surface area contributed by atoms with E-state index in [2.05, 4.69) is 17.6 Å². The van der Waals surface area contributed by atoms with E-state index in [-0.39, 0.29) is 5.91 Å². The molecule has 3 nitrogen and oxygen atoms in total. The highest BCUT2D eigenvalue weighted by Crippen LogP contribution is 2.24. The zero-order valence-electron chi connectivity index (χ0n) is 11.7. The number of hydrogen-bond acceptors (Lipinski definition) is 2. The summed E-state index contributed by atoms with van der Waals surface area (Å²) in [5.74, 6) is 1.36. The number of rotatable bonds is 5. The first kappa shape index (κ1) is 14.1. The van der Waals surface area contributed by atoms with Crippen molar-refractivity contribution in [3.05, 3.63) is 35.9 Å². The Morgan fingerprint density at radius 3 is 2.68 bits per heavy atom. The molecule has 19 heavy (non-hydrogen) atoms. The van der Waals surface area contributed by atoms with Gasteiger partial charge in [-0.2, -0.15) is 0 Å². The highest BCUT2D eigenvalue weighted by atomic mass is 16.1. The molecule has 0 radical (unpaired) electrons. The van der Waals surface area contributed by atoms with E-state index >= 15 is 0 Å². The van der Waals surface area contributed by atoms with E-state index < -0.39 is 0 Å². The Bertz CT molecular complexity index is 385. The molecule has 0 bridgehead atoms. The molecule has 1 aromatic carbocycles. The number of benzene rings is 1. The molecule has 0 aromatic heterocycles. The van der Waals surface area contributed by atoms with E-state index in [0.29, 0.717) is 24.8 Å². The van der Waals surface area contributed by atoms with Gasteiger partial charge in [0, 0.05) is 13.0 Å². The highest BCUT2D eigenvalue weighted by molar-refractivity contribution is 5.76. The molecule has 0 aliphatic carbocycles. The van der Waals surface area contributed by atoms with Gasteiger partial charge >= 0.3 is 0 Å². The molecule has 1 saturated heterocycles. The third-order valence-electron chi connectivity index (χ3n) is 4.03. The number of amides is 1. The van der Waals surface area contributed by atoms with Crippen LogP contribution in [0.25, 0.3) is 0 Å². The highest BCUT2D eigenvalue weighted by Gasteiger charge is 2.21. The molecular weight excluding hydrogens is 236 g/mol. The lowest BCUT2D eigenvalue weighted by Gasteiger charge is -2.27. The van der Waals surface area contributed by atoms with Gasteiger partial charge in [-0.15, -0.1) is 0 Å². The molecule has 1 aromatic rings. The fourth-order valence-corrected chi connectivity index (χ4v) is 2.74. The number of nitrogens with one attached hydrogen (secondary N) is 2. The van der Waals surface area contributed by atoms with Crippen LogP contribution in [0.2, 0.25) is 0 Å². The lowest BCUT2D eigenvalue weighted by atomic mass is 9.84. The molecule has 1 unspecified atom stereocenters. The first-order valence-corrected chi connectivity index (χ1v) is 7.27. The average Bonchev–Trinajstić information content (AvgIpc) is 2.47. The van der Waals surface area contributed by atoms with Crippen molar-refractivity contribution in [3.8, 4) is 0 Å². The summed E-state index contributed by atoms with van der Waals surface area (Å²) in [5.41, 5.74) is 1.16. The molecule has 1 atom stereocenters. The van der Waals surface area contributed by atoms with Gasteiger partial charge in [-0.3, -0.25) is 4.79 Å². The Labute approximate surface area is 115 Å². The molecule has 0 saturated carbocycles. The lowest BCUT2D eigenvalue weighted by Crippen LogP contribution is -2.33. The molecule has 1 fully saturated rings. The third kappa shape index (κ3) is 4.67. The Balaban J connectivity index is 1.71. The normalized spacial score (nSPS) is 17.9. The van der Waals surface area contributed by atoms with Gasteiger partial charge in [0.15, 0.2) is 0 Å². The summed E-state index contributed by atoms with van der Waals surface area (Å²) in [4.78, 5) is 11.9. The number of carbonyl (C=O) groups is 1. The van der Waals surface area contributed by atoms with Crippen molar-refractivity contribution in [1.29, 1.82) is 0 Å². The van der Waals surface area contributed by atoms with Crippen LogP contribution in [0.1, 0.15) is 31.7 Å². The summed E-state index contributed by atoms with van der Waals surface area (Å²) in [6.07, 6.45) is 3.05. The topological polar surface area (TPSA) is 41.1 Å². The molecule has 1 aliphatic heterocycles. The average molecular weight is 260 g/mol. The summed E-state index contributed by atoms with van der Waals surface area (Å²) in [6, 6.07) is 10.1. The van der Waals surface area contributed by atoms with Gasteiger partial charge in [0.1, 0.15) is 0 Å². The first-order chi connectivity index (χ1) is 9.25. The quantitative estimate of drug-likeness (QED) is 0.853. The molecule has 2 N–H and O–H groups in total. The minimum atomic E-state index is 0.176. The van der Waals surface area contributed by atoms with Gasteiger partial charge in [-0.05, 0) is 43.3 Å². The smallest absolute Gasteiger partial charge is 0.220 e. The molecule has 1 amide bonds. The van der Waals surface area contributed by atoms with Crippen LogP contribution in [-0.4, -0.2) is 19.0 Å². The summed E-state index contributed by atoms with van der Waals surface area (Å²) in [7, 11) is 0. The van der Waals surface area contributed by atoms with E-state index in [0.717, 1.165) is 18.7 Å². The molecule has 104 valence electrons. The number of hydrogen-bond donors (Lipinski definition) is 2.